The van der Waals surface area contributed by atoms with Crippen molar-refractivity contribution in [2.75, 3.05) is 11.5 Å². The Morgan fingerprint density at radius 1 is 1.25 bits per heavy atom. The van der Waals surface area contributed by atoms with E-state index < -0.39 is 5.60 Å². The lowest BCUT2D eigenvalue weighted by molar-refractivity contribution is 0.0501. The van der Waals surface area contributed by atoms with Gasteiger partial charge in [-0.05, 0) is 45.1 Å². The van der Waals surface area contributed by atoms with Crippen molar-refractivity contribution in [1.82, 2.24) is 5.32 Å². The first-order chi connectivity index (χ1) is 6.47. The summed E-state index contributed by atoms with van der Waals surface area (Å²) < 4.78 is 5.18. The summed E-state index contributed by atoms with van der Waals surface area (Å²) in [7, 11) is 0. The second-order valence-electron chi connectivity index (χ2n) is 4.53. The summed E-state index contributed by atoms with van der Waals surface area (Å²) >= 11 is 1.95. The van der Waals surface area contributed by atoms with Crippen molar-refractivity contribution >= 4 is 17.9 Å². The Kier molecular flexibility index (Phi) is 8.69. The largest absolute Gasteiger partial charge is 0.444 e. The van der Waals surface area contributed by atoms with Crippen LogP contribution in [0.4, 0.5) is 4.79 Å². The molecule has 1 aliphatic rings. The molecule has 0 aromatic carbocycles. The highest BCUT2D eigenvalue weighted by Crippen LogP contribution is 2.17. The first-order valence-electron chi connectivity index (χ1n) is 5.04. The average molecular weight is 253 g/mol. The quantitative estimate of drug-likeness (QED) is 0.746. The van der Waals surface area contributed by atoms with Crippen molar-refractivity contribution in [3.63, 3.8) is 0 Å². The first-order valence-corrected chi connectivity index (χ1v) is 6.20. The van der Waals surface area contributed by atoms with Crippen molar-refractivity contribution in [3.05, 3.63) is 0 Å². The lowest BCUT2D eigenvalue weighted by atomic mass is 10.1. The molecule has 0 atom stereocenters. The van der Waals surface area contributed by atoms with Crippen LogP contribution in [0.3, 0.4) is 0 Å². The summed E-state index contributed by atoms with van der Waals surface area (Å²) in [6.45, 7) is 5.63. The number of carbonyl (C=O) groups excluding carboxylic acids is 1. The molecule has 1 heterocycles. The molecule has 1 saturated heterocycles. The highest BCUT2D eigenvalue weighted by atomic mass is 32.2. The maximum Gasteiger partial charge on any atom is 0.407 e. The summed E-state index contributed by atoms with van der Waals surface area (Å²) in [5.41, 5.74) is -0.395. The van der Waals surface area contributed by atoms with E-state index in [0.717, 1.165) is 24.3 Å². The fourth-order valence-electron chi connectivity index (χ4n) is 1.32. The van der Waals surface area contributed by atoms with Crippen molar-refractivity contribution in [3.8, 4) is 0 Å². The zero-order valence-corrected chi connectivity index (χ0v) is 10.9. The van der Waals surface area contributed by atoms with Crippen LogP contribution in [-0.4, -0.2) is 40.2 Å². The van der Waals surface area contributed by atoms with Crippen LogP contribution < -0.4 is 5.32 Å². The van der Waals surface area contributed by atoms with Crippen molar-refractivity contribution in [1.29, 1.82) is 0 Å². The fraction of sp³-hybridized carbons (Fsp3) is 0.900. The van der Waals surface area contributed by atoms with E-state index in [1.807, 2.05) is 32.5 Å². The highest BCUT2D eigenvalue weighted by molar-refractivity contribution is 7.99. The van der Waals surface area contributed by atoms with Gasteiger partial charge in [-0.25, -0.2) is 4.79 Å². The molecule has 0 aromatic rings. The predicted molar refractivity (Wildman–Crippen MR) is 66.9 cm³/mol. The Balaban J connectivity index is 0. The second kappa shape index (κ2) is 7.76. The molecule has 0 saturated carbocycles. The molecule has 98 valence electrons. The standard InChI is InChI=1S/C10H19NO2S.2H2O/c1-10(2,3)13-9(12)11-8-4-6-14-7-5-8;;/h8H,4-7H2,1-3H3,(H,11,12);2*1H2. The zero-order chi connectivity index (χ0) is 10.6. The molecule has 1 amide bonds. The van der Waals surface area contributed by atoms with Gasteiger partial charge < -0.3 is 21.0 Å². The fourth-order valence-corrected chi connectivity index (χ4v) is 2.42. The van der Waals surface area contributed by atoms with E-state index in [1.165, 1.54) is 0 Å². The van der Waals surface area contributed by atoms with E-state index in [0.29, 0.717) is 6.04 Å². The minimum Gasteiger partial charge on any atom is -0.444 e. The Morgan fingerprint density at radius 3 is 2.19 bits per heavy atom. The Morgan fingerprint density at radius 2 is 1.75 bits per heavy atom. The summed E-state index contributed by atoms with van der Waals surface area (Å²) in [5.74, 6) is 2.28. The Labute approximate surface area is 101 Å². The van der Waals surface area contributed by atoms with Gasteiger partial charge in [0.25, 0.3) is 0 Å². The maximum absolute atomic E-state index is 11.4. The van der Waals surface area contributed by atoms with Gasteiger partial charge in [-0.2, -0.15) is 11.8 Å². The van der Waals surface area contributed by atoms with Gasteiger partial charge in [0.2, 0.25) is 0 Å². The van der Waals surface area contributed by atoms with Gasteiger partial charge in [-0.15, -0.1) is 0 Å². The van der Waals surface area contributed by atoms with Gasteiger partial charge in [0, 0.05) is 6.04 Å². The predicted octanol–water partition coefficient (Wildman–Crippen LogP) is 0.757. The zero-order valence-electron chi connectivity index (χ0n) is 10.1. The van der Waals surface area contributed by atoms with E-state index in [1.54, 1.807) is 0 Å². The number of alkyl carbamates (subject to hydrolysis) is 1. The molecule has 0 radical (unpaired) electrons. The molecule has 0 aliphatic carbocycles. The van der Waals surface area contributed by atoms with Crippen molar-refractivity contribution in [2.45, 2.75) is 45.3 Å². The van der Waals surface area contributed by atoms with Crippen LogP contribution in [0.1, 0.15) is 33.6 Å². The van der Waals surface area contributed by atoms with E-state index in [9.17, 15) is 4.79 Å². The van der Waals surface area contributed by atoms with Gasteiger partial charge in [0.15, 0.2) is 0 Å². The Bertz CT molecular complexity index is 199. The van der Waals surface area contributed by atoms with Gasteiger partial charge in [-0.3, -0.25) is 0 Å². The number of rotatable bonds is 1. The molecule has 16 heavy (non-hydrogen) atoms. The number of ether oxygens (including phenoxy) is 1. The van der Waals surface area contributed by atoms with Crippen molar-refractivity contribution in [2.24, 2.45) is 0 Å². The van der Waals surface area contributed by atoms with Gasteiger partial charge >= 0.3 is 6.09 Å². The molecule has 1 aliphatic heterocycles. The van der Waals surface area contributed by atoms with Crippen LogP contribution in [0.15, 0.2) is 0 Å². The molecule has 6 heteroatoms. The molecular weight excluding hydrogens is 230 g/mol. The lowest BCUT2D eigenvalue weighted by Gasteiger charge is -2.25. The van der Waals surface area contributed by atoms with E-state index in [4.69, 9.17) is 4.74 Å². The minimum atomic E-state index is -0.395. The average Bonchev–Trinajstić information content (AvgIpc) is 2.02. The monoisotopic (exact) mass is 253 g/mol. The van der Waals surface area contributed by atoms with E-state index >= 15 is 0 Å². The number of nitrogens with one attached hydrogen (secondary N) is 1. The van der Waals surface area contributed by atoms with E-state index in [2.05, 4.69) is 5.32 Å². The highest BCUT2D eigenvalue weighted by Gasteiger charge is 2.20. The van der Waals surface area contributed by atoms with Crippen LogP contribution in [-0.2, 0) is 4.74 Å². The number of hydrogen-bond donors (Lipinski definition) is 1. The topological polar surface area (TPSA) is 101 Å². The molecule has 5 nitrogen and oxygen atoms in total. The Hall–Kier alpha value is -0.460. The number of hydrogen-bond acceptors (Lipinski definition) is 3. The SMILES string of the molecule is CC(C)(C)OC(=O)NC1CCSCC1.O.O. The molecule has 1 fully saturated rings. The molecular formula is C10H23NO4S. The molecule has 0 bridgehead atoms. The third-order valence-corrected chi connectivity index (χ3v) is 2.99. The second-order valence-corrected chi connectivity index (χ2v) is 5.76. The number of carbonyl (C=O) groups is 1. The molecule has 0 aromatic heterocycles. The van der Waals surface area contributed by atoms with E-state index in [-0.39, 0.29) is 17.0 Å². The molecule has 0 unspecified atom stereocenters. The maximum atomic E-state index is 11.4. The summed E-state index contributed by atoms with van der Waals surface area (Å²) in [6.07, 6.45) is 1.84. The van der Waals surface area contributed by atoms with Crippen LogP contribution in [0.25, 0.3) is 0 Å². The van der Waals surface area contributed by atoms with Gasteiger partial charge in [0.05, 0.1) is 0 Å². The molecule has 5 N–H and O–H groups in total. The van der Waals surface area contributed by atoms with Gasteiger partial charge in [0.1, 0.15) is 5.60 Å². The summed E-state index contributed by atoms with van der Waals surface area (Å²) in [4.78, 5) is 11.4. The van der Waals surface area contributed by atoms with Crippen LogP contribution in [0.5, 0.6) is 0 Å². The minimum absolute atomic E-state index is 0. The summed E-state index contributed by atoms with van der Waals surface area (Å²) in [5, 5.41) is 2.90. The third-order valence-electron chi connectivity index (χ3n) is 1.94. The number of amides is 1. The third kappa shape index (κ3) is 7.78. The van der Waals surface area contributed by atoms with Gasteiger partial charge in [-0.1, -0.05) is 0 Å². The van der Waals surface area contributed by atoms with Crippen LogP contribution in [0, 0.1) is 0 Å². The first kappa shape index (κ1) is 17.9. The number of thioether (sulfide) groups is 1. The smallest absolute Gasteiger partial charge is 0.407 e. The van der Waals surface area contributed by atoms with Crippen LogP contribution >= 0.6 is 11.8 Å². The molecule has 0 spiro atoms. The van der Waals surface area contributed by atoms with Crippen molar-refractivity contribution < 1.29 is 20.5 Å². The molecule has 1 rings (SSSR count). The normalized spacial score (nSPS) is 16.7. The van der Waals surface area contributed by atoms with Crippen LogP contribution in [0.2, 0.25) is 0 Å². The summed E-state index contributed by atoms with van der Waals surface area (Å²) in [6, 6.07) is 0.311. The lowest BCUT2D eigenvalue weighted by Crippen LogP contribution is -2.40.